The Kier molecular flexibility index (Phi) is 6.33. The lowest BCUT2D eigenvalue weighted by Crippen LogP contribution is -2.13. The van der Waals surface area contributed by atoms with E-state index in [1.54, 1.807) is 24.5 Å². The molecular weight excluding hydrogens is 426 g/mol. The number of benzene rings is 2. The van der Waals surface area contributed by atoms with E-state index in [-0.39, 0.29) is 5.69 Å². The van der Waals surface area contributed by atoms with Gasteiger partial charge in [0.1, 0.15) is 18.1 Å². The average molecular weight is 454 g/mol. The van der Waals surface area contributed by atoms with Gasteiger partial charge in [0.25, 0.3) is 5.91 Å². The number of primary amides is 1. The van der Waals surface area contributed by atoms with Gasteiger partial charge in [-0.1, -0.05) is 31.4 Å². The topological polar surface area (TPSA) is 103 Å². The minimum atomic E-state index is -0.560. The molecule has 1 amide bonds. The van der Waals surface area contributed by atoms with Crippen molar-refractivity contribution in [2.75, 3.05) is 5.32 Å². The van der Waals surface area contributed by atoms with Gasteiger partial charge < -0.3 is 15.8 Å². The molecule has 0 spiro atoms. The molecule has 0 bridgehead atoms. The van der Waals surface area contributed by atoms with Crippen LogP contribution in [0.3, 0.4) is 0 Å². The number of nitrogens with two attached hydrogens (primary N) is 1. The van der Waals surface area contributed by atoms with Crippen LogP contribution < -0.4 is 15.8 Å². The van der Waals surface area contributed by atoms with E-state index in [4.69, 9.17) is 10.5 Å². The van der Waals surface area contributed by atoms with Crippen LogP contribution in [-0.2, 0) is 6.61 Å². The molecule has 3 N–H and O–H groups in total. The molecule has 0 atom stereocenters. The number of carbonyl (C=O) groups excluding carboxylic acids is 1. The summed E-state index contributed by atoms with van der Waals surface area (Å²) in [7, 11) is 0. The van der Waals surface area contributed by atoms with Crippen molar-refractivity contribution in [1.82, 2.24) is 15.0 Å². The van der Waals surface area contributed by atoms with Gasteiger partial charge in [-0.15, -0.1) is 0 Å². The molecule has 0 unspecified atom stereocenters. The van der Waals surface area contributed by atoms with Crippen molar-refractivity contribution in [2.45, 2.75) is 44.6 Å². The molecule has 7 heteroatoms. The summed E-state index contributed by atoms with van der Waals surface area (Å²) in [6.07, 6.45) is 9.87. The molecule has 2 aromatic carbocycles. The monoisotopic (exact) mass is 453 g/mol. The van der Waals surface area contributed by atoms with Crippen LogP contribution in [0.2, 0.25) is 0 Å². The summed E-state index contributed by atoms with van der Waals surface area (Å²) in [5.74, 6) is 1.35. The highest BCUT2D eigenvalue weighted by Crippen LogP contribution is 2.34. The van der Waals surface area contributed by atoms with Crippen LogP contribution in [0.5, 0.6) is 5.75 Å². The second kappa shape index (κ2) is 9.87. The highest BCUT2D eigenvalue weighted by Gasteiger charge is 2.15. The molecule has 2 aromatic heterocycles. The van der Waals surface area contributed by atoms with Crippen molar-refractivity contribution in [2.24, 2.45) is 5.73 Å². The quantitative estimate of drug-likeness (QED) is 0.383. The van der Waals surface area contributed by atoms with E-state index >= 15 is 0 Å². The van der Waals surface area contributed by atoms with Gasteiger partial charge in [0, 0.05) is 23.5 Å². The number of amides is 1. The van der Waals surface area contributed by atoms with Gasteiger partial charge in [0.2, 0.25) is 5.95 Å². The molecule has 1 fully saturated rings. The van der Waals surface area contributed by atoms with Gasteiger partial charge in [0.15, 0.2) is 0 Å². The summed E-state index contributed by atoms with van der Waals surface area (Å²) in [6.45, 7) is 0.298. The van der Waals surface area contributed by atoms with E-state index in [0.717, 1.165) is 22.2 Å². The lowest BCUT2D eigenvalue weighted by atomic mass is 9.84. The van der Waals surface area contributed by atoms with Crippen LogP contribution in [0.4, 0.5) is 11.6 Å². The van der Waals surface area contributed by atoms with Crippen molar-refractivity contribution in [3.8, 4) is 5.75 Å². The average Bonchev–Trinajstić information content (AvgIpc) is 2.88. The molecule has 7 nitrogen and oxygen atoms in total. The fraction of sp³-hybridized carbons (Fsp3) is 0.259. The summed E-state index contributed by atoms with van der Waals surface area (Å²) in [5, 5.41) is 4.24. The molecule has 4 aromatic rings. The highest BCUT2D eigenvalue weighted by molar-refractivity contribution is 5.90. The van der Waals surface area contributed by atoms with E-state index in [0.29, 0.717) is 24.2 Å². The maximum Gasteiger partial charge on any atom is 0.267 e. The first-order valence-electron chi connectivity index (χ1n) is 11.7. The lowest BCUT2D eigenvalue weighted by Gasteiger charge is -2.22. The first kappa shape index (κ1) is 21.8. The first-order valence-corrected chi connectivity index (χ1v) is 11.7. The van der Waals surface area contributed by atoms with E-state index < -0.39 is 5.91 Å². The first-order chi connectivity index (χ1) is 16.6. The van der Waals surface area contributed by atoms with Crippen LogP contribution in [0.1, 0.15) is 59.6 Å². The highest BCUT2D eigenvalue weighted by atomic mass is 16.5. The number of anilines is 2. The SMILES string of the molecule is NC(=O)c1cc(COc2ccc3nc(Nc4cccc(C5CCCCC5)c4)ncc3c2)ccn1. The molecule has 172 valence electrons. The van der Waals surface area contributed by atoms with Crippen LogP contribution >= 0.6 is 0 Å². The number of carbonyl (C=O) groups is 1. The van der Waals surface area contributed by atoms with Crippen molar-refractivity contribution >= 4 is 28.4 Å². The summed E-state index contributed by atoms with van der Waals surface area (Å²) in [6, 6.07) is 17.7. The van der Waals surface area contributed by atoms with Gasteiger partial charge in [-0.05, 0) is 72.4 Å². The number of aromatic nitrogens is 3. The third-order valence-corrected chi connectivity index (χ3v) is 6.25. The van der Waals surface area contributed by atoms with Crippen molar-refractivity contribution < 1.29 is 9.53 Å². The Labute approximate surface area is 198 Å². The van der Waals surface area contributed by atoms with Crippen molar-refractivity contribution in [1.29, 1.82) is 0 Å². The maximum atomic E-state index is 11.3. The maximum absolute atomic E-state index is 11.3. The molecule has 0 radical (unpaired) electrons. The Morgan fingerprint density at radius 1 is 1.03 bits per heavy atom. The number of pyridine rings is 1. The predicted molar refractivity (Wildman–Crippen MR) is 132 cm³/mol. The molecule has 1 aliphatic carbocycles. The fourth-order valence-corrected chi connectivity index (χ4v) is 4.46. The Balaban J connectivity index is 1.27. The molecule has 1 aliphatic rings. The van der Waals surface area contributed by atoms with Gasteiger partial charge in [-0.25, -0.2) is 9.97 Å². The zero-order valence-corrected chi connectivity index (χ0v) is 18.9. The summed E-state index contributed by atoms with van der Waals surface area (Å²) in [4.78, 5) is 24.4. The Hall–Kier alpha value is -4.00. The number of fused-ring (bicyclic) bond motifs is 1. The zero-order valence-electron chi connectivity index (χ0n) is 18.9. The minimum Gasteiger partial charge on any atom is -0.489 e. The van der Waals surface area contributed by atoms with Crippen molar-refractivity contribution in [3.05, 3.63) is 83.8 Å². The molecule has 5 rings (SSSR count). The second-order valence-electron chi connectivity index (χ2n) is 8.70. The Bertz CT molecular complexity index is 1320. The van der Waals surface area contributed by atoms with Gasteiger partial charge in [-0.2, -0.15) is 0 Å². The Morgan fingerprint density at radius 2 is 1.91 bits per heavy atom. The third kappa shape index (κ3) is 5.14. The Morgan fingerprint density at radius 3 is 2.76 bits per heavy atom. The molecule has 1 saturated carbocycles. The molecular formula is C27H27N5O2. The largest absolute Gasteiger partial charge is 0.489 e. The standard InChI is InChI=1S/C27H27N5O2/c28-26(33)25-13-18(11-12-29-25)17-34-23-9-10-24-21(15-23)16-30-27(32-24)31-22-8-4-7-20(14-22)19-5-2-1-3-6-19/h4,7-16,19H,1-3,5-6,17H2,(H2,28,33)(H,30,31,32). The third-order valence-electron chi connectivity index (χ3n) is 6.25. The zero-order chi connectivity index (χ0) is 23.3. The van der Waals surface area contributed by atoms with Crippen LogP contribution in [0.15, 0.2) is 67.0 Å². The molecule has 0 aliphatic heterocycles. The van der Waals surface area contributed by atoms with Crippen LogP contribution in [0.25, 0.3) is 10.9 Å². The molecule has 0 saturated heterocycles. The van der Waals surface area contributed by atoms with Gasteiger partial charge in [-0.3, -0.25) is 9.78 Å². The van der Waals surface area contributed by atoms with Crippen LogP contribution in [0, 0.1) is 0 Å². The van der Waals surface area contributed by atoms with E-state index in [1.165, 1.54) is 37.7 Å². The van der Waals surface area contributed by atoms with E-state index in [1.807, 2.05) is 18.2 Å². The van der Waals surface area contributed by atoms with E-state index in [2.05, 4.69) is 44.5 Å². The van der Waals surface area contributed by atoms with Crippen LogP contribution in [-0.4, -0.2) is 20.9 Å². The number of hydrogen-bond acceptors (Lipinski definition) is 6. The second-order valence-corrected chi connectivity index (χ2v) is 8.70. The minimum absolute atomic E-state index is 0.220. The summed E-state index contributed by atoms with van der Waals surface area (Å²) in [5.41, 5.74) is 9.56. The number of rotatable bonds is 7. The number of hydrogen-bond donors (Lipinski definition) is 2. The molecule has 34 heavy (non-hydrogen) atoms. The lowest BCUT2D eigenvalue weighted by molar-refractivity contribution is 0.0995. The number of nitrogens with zero attached hydrogens (tertiary/aromatic N) is 3. The van der Waals surface area contributed by atoms with Gasteiger partial charge in [0.05, 0.1) is 5.52 Å². The fourth-order valence-electron chi connectivity index (χ4n) is 4.46. The normalized spacial score (nSPS) is 14.1. The summed E-state index contributed by atoms with van der Waals surface area (Å²) < 4.78 is 5.88. The predicted octanol–water partition coefficient (Wildman–Crippen LogP) is 5.49. The number of ether oxygens (including phenoxy) is 1. The van der Waals surface area contributed by atoms with Crippen molar-refractivity contribution in [3.63, 3.8) is 0 Å². The summed E-state index contributed by atoms with van der Waals surface area (Å²) >= 11 is 0. The molecule has 2 heterocycles. The van der Waals surface area contributed by atoms with Gasteiger partial charge >= 0.3 is 0 Å². The van der Waals surface area contributed by atoms with E-state index in [9.17, 15) is 4.79 Å². The number of nitrogens with one attached hydrogen (secondary N) is 1. The smallest absolute Gasteiger partial charge is 0.267 e.